The maximum Gasteiger partial charge on any atom is 0.193 e. The molecule has 0 fully saturated rings. The molecule has 0 aliphatic rings. The first-order valence-electron chi connectivity index (χ1n) is 6.60. The Bertz CT molecular complexity index is 410. The lowest BCUT2D eigenvalue weighted by Gasteiger charge is -2.10. The van der Waals surface area contributed by atoms with E-state index in [1.165, 1.54) is 0 Å². The lowest BCUT2D eigenvalue weighted by Crippen LogP contribution is -2.23. The van der Waals surface area contributed by atoms with E-state index in [2.05, 4.69) is 10.3 Å². The molecule has 0 heterocycles. The highest BCUT2D eigenvalue weighted by molar-refractivity contribution is 5.92. The molecule has 0 radical (unpaired) electrons. The molecule has 6 nitrogen and oxygen atoms in total. The number of aliphatic imine (C=N–C) groups is 1. The maximum absolute atomic E-state index is 8.55. The van der Waals surface area contributed by atoms with Crippen molar-refractivity contribution in [2.45, 2.75) is 13.0 Å². The lowest BCUT2D eigenvalue weighted by atomic mass is 10.2. The van der Waals surface area contributed by atoms with Crippen LogP contribution in [0, 0.1) is 0 Å². The zero-order valence-electron chi connectivity index (χ0n) is 11.8. The van der Waals surface area contributed by atoms with Crippen molar-refractivity contribution >= 4 is 11.6 Å². The van der Waals surface area contributed by atoms with Crippen molar-refractivity contribution in [1.29, 1.82) is 0 Å². The highest BCUT2D eigenvalue weighted by Gasteiger charge is 2.02. The average molecular weight is 281 g/mol. The van der Waals surface area contributed by atoms with E-state index in [-0.39, 0.29) is 6.61 Å². The predicted octanol–water partition coefficient (Wildman–Crippen LogP) is 0.959. The minimum Gasteiger partial charge on any atom is -0.394 e. The Morgan fingerprint density at radius 3 is 2.90 bits per heavy atom. The second-order valence-electron chi connectivity index (χ2n) is 4.17. The van der Waals surface area contributed by atoms with Gasteiger partial charge in [-0.1, -0.05) is 18.2 Å². The van der Waals surface area contributed by atoms with E-state index < -0.39 is 0 Å². The summed E-state index contributed by atoms with van der Waals surface area (Å²) >= 11 is 0. The van der Waals surface area contributed by atoms with Gasteiger partial charge in [-0.2, -0.15) is 0 Å². The van der Waals surface area contributed by atoms with Gasteiger partial charge in [0.1, 0.15) is 0 Å². The number of anilines is 1. The van der Waals surface area contributed by atoms with Gasteiger partial charge in [0.2, 0.25) is 0 Å². The molecule has 0 amide bonds. The van der Waals surface area contributed by atoms with Crippen LogP contribution in [0.15, 0.2) is 29.3 Å². The van der Waals surface area contributed by atoms with E-state index in [9.17, 15) is 0 Å². The minimum atomic E-state index is 0.0449. The third-order valence-corrected chi connectivity index (χ3v) is 2.54. The summed E-state index contributed by atoms with van der Waals surface area (Å²) in [5.74, 6) is 0.371. The van der Waals surface area contributed by atoms with Gasteiger partial charge in [-0.25, -0.2) is 0 Å². The van der Waals surface area contributed by atoms with Crippen LogP contribution in [-0.4, -0.2) is 44.5 Å². The molecule has 6 heteroatoms. The largest absolute Gasteiger partial charge is 0.394 e. The van der Waals surface area contributed by atoms with Crippen molar-refractivity contribution < 1.29 is 14.6 Å². The van der Waals surface area contributed by atoms with E-state index in [1.807, 2.05) is 24.3 Å². The van der Waals surface area contributed by atoms with Crippen LogP contribution < -0.4 is 11.1 Å². The molecule has 0 aliphatic heterocycles. The second-order valence-corrected chi connectivity index (χ2v) is 4.17. The van der Waals surface area contributed by atoms with Crippen LogP contribution in [0.4, 0.5) is 5.69 Å². The number of guanidine groups is 1. The summed E-state index contributed by atoms with van der Waals surface area (Å²) in [6.45, 7) is 2.07. The quantitative estimate of drug-likeness (QED) is 0.356. The fourth-order valence-corrected chi connectivity index (χ4v) is 1.63. The molecule has 0 bridgehead atoms. The maximum atomic E-state index is 8.55. The minimum absolute atomic E-state index is 0.0449. The fourth-order valence-electron chi connectivity index (χ4n) is 1.63. The van der Waals surface area contributed by atoms with Crippen LogP contribution in [0.2, 0.25) is 0 Å². The van der Waals surface area contributed by atoms with Gasteiger partial charge < -0.3 is 25.6 Å². The summed E-state index contributed by atoms with van der Waals surface area (Å²) in [4.78, 5) is 4.22. The Kier molecular flexibility index (Phi) is 8.37. The molecule has 112 valence electrons. The molecule has 0 unspecified atom stereocenters. The molecule has 0 aliphatic carbocycles. The standard InChI is InChI=1S/C14H23N3O3/c1-19-11-12-5-2-3-6-13(12)17-14(15)16-7-4-9-20-10-8-18/h2-3,5-6,18H,4,7-11H2,1H3,(H3,15,16,17). The van der Waals surface area contributed by atoms with Crippen molar-refractivity contribution in [2.75, 3.05) is 38.8 Å². The van der Waals surface area contributed by atoms with E-state index in [0.29, 0.717) is 32.3 Å². The third kappa shape index (κ3) is 6.51. The SMILES string of the molecule is COCc1ccccc1NC(N)=NCCCOCCO. The summed E-state index contributed by atoms with van der Waals surface area (Å²) < 4.78 is 10.3. The molecular formula is C14H23N3O3. The van der Waals surface area contributed by atoms with Gasteiger partial charge in [0, 0.05) is 31.5 Å². The van der Waals surface area contributed by atoms with Crippen molar-refractivity contribution in [1.82, 2.24) is 0 Å². The second kappa shape index (κ2) is 10.2. The van der Waals surface area contributed by atoms with Gasteiger partial charge in [-0.15, -0.1) is 0 Å². The Morgan fingerprint density at radius 1 is 1.35 bits per heavy atom. The van der Waals surface area contributed by atoms with E-state index in [1.54, 1.807) is 7.11 Å². The van der Waals surface area contributed by atoms with Crippen LogP contribution in [-0.2, 0) is 16.1 Å². The number of nitrogens with one attached hydrogen (secondary N) is 1. The highest BCUT2D eigenvalue weighted by Crippen LogP contribution is 2.15. The summed E-state index contributed by atoms with van der Waals surface area (Å²) in [5.41, 5.74) is 7.75. The van der Waals surface area contributed by atoms with Crippen LogP contribution in [0.1, 0.15) is 12.0 Å². The average Bonchev–Trinajstić information content (AvgIpc) is 2.45. The number of nitrogens with zero attached hydrogens (tertiary/aromatic N) is 1. The summed E-state index contributed by atoms with van der Waals surface area (Å²) in [6.07, 6.45) is 0.766. The first-order valence-corrected chi connectivity index (χ1v) is 6.60. The van der Waals surface area contributed by atoms with Crippen molar-refractivity contribution in [2.24, 2.45) is 10.7 Å². The summed E-state index contributed by atoms with van der Waals surface area (Å²) in [6, 6.07) is 7.78. The lowest BCUT2D eigenvalue weighted by molar-refractivity contribution is 0.0918. The highest BCUT2D eigenvalue weighted by atomic mass is 16.5. The fraction of sp³-hybridized carbons (Fsp3) is 0.500. The Labute approximate surface area is 119 Å². The molecule has 0 atom stereocenters. The first kappa shape index (κ1) is 16.4. The number of aliphatic hydroxyl groups excluding tert-OH is 1. The van der Waals surface area contributed by atoms with Crippen molar-refractivity contribution in [3.05, 3.63) is 29.8 Å². The molecule has 1 rings (SSSR count). The van der Waals surface area contributed by atoms with Gasteiger partial charge in [0.25, 0.3) is 0 Å². The normalized spacial score (nSPS) is 11.6. The molecule has 1 aromatic rings. The molecule has 4 N–H and O–H groups in total. The Hall–Kier alpha value is -1.63. The molecule has 0 aromatic heterocycles. The number of ether oxygens (including phenoxy) is 2. The molecule has 0 saturated carbocycles. The van der Waals surface area contributed by atoms with E-state index >= 15 is 0 Å². The number of methoxy groups -OCH3 is 1. The van der Waals surface area contributed by atoms with Crippen LogP contribution in [0.5, 0.6) is 0 Å². The molecule has 1 aromatic carbocycles. The summed E-state index contributed by atoms with van der Waals surface area (Å²) in [7, 11) is 1.65. The number of rotatable bonds is 9. The topological polar surface area (TPSA) is 89.1 Å². The van der Waals surface area contributed by atoms with Crippen molar-refractivity contribution in [3.63, 3.8) is 0 Å². The Balaban J connectivity index is 2.39. The van der Waals surface area contributed by atoms with Gasteiger partial charge in [-0.05, 0) is 12.5 Å². The summed E-state index contributed by atoms with van der Waals surface area (Å²) in [5, 5.41) is 11.6. The number of hydrogen-bond donors (Lipinski definition) is 3. The molecule has 0 saturated heterocycles. The zero-order chi connectivity index (χ0) is 14.6. The van der Waals surface area contributed by atoms with Crippen LogP contribution in [0.3, 0.4) is 0 Å². The molecular weight excluding hydrogens is 258 g/mol. The van der Waals surface area contributed by atoms with Crippen molar-refractivity contribution in [3.8, 4) is 0 Å². The number of aliphatic hydroxyl groups is 1. The Morgan fingerprint density at radius 2 is 2.15 bits per heavy atom. The third-order valence-electron chi connectivity index (χ3n) is 2.54. The van der Waals surface area contributed by atoms with E-state index in [4.69, 9.17) is 20.3 Å². The predicted molar refractivity (Wildman–Crippen MR) is 79.8 cm³/mol. The number of hydrogen-bond acceptors (Lipinski definition) is 4. The smallest absolute Gasteiger partial charge is 0.193 e. The number of para-hydroxylation sites is 1. The van der Waals surface area contributed by atoms with Gasteiger partial charge in [-0.3, -0.25) is 4.99 Å². The molecule has 20 heavy (non-hydrogen) atoms. The van der Waals surface area contributed by atoms with Gasteiger partial charge >= 0.3 is 0 Å². The van der Waals surface area contributed by atoms with Gasteiger partial charge in [0.15, 0.2) is 5.96 Å². The monoisotopic (exact) mass is 281 g/mol. The number of nitrogens with two attached hydrogens (primary N) is 1. The van der Waals surface area contributed by atoms with E-state index in [0.717, 1.165) is 17.7 Å². The number of benzene rings is 1. The van der Waals surface area contributed by atoms with Crippen LogP contribution in [0.25, 0.3) is 0 Å². The molecule has 0 spiro atoms. The first-order chi connectivity index (χ1) is 9.77. The van der Waals surface area contributed by atoms with Crippen LogP contribution >= 0.6 is 0 Å². The zero-order valence-corrected chi connectivity index (χ0v) is 11.8. The van der Waals surface area contributed by atoms with Gasteiger partial charge in [0.05, 0.1) is 19.8 Å².